The summed E-state index contributed by atoms with van der Waals surface area (Å²) in [5.41, 5.74) is 5.17. The molecule has 2 aromatic carbocycles. The number of halogens is 1. The summed E-state index contributed by atoms with van der Waals surface area (Å²) < 4.78 is 20.3. The van der Waals surface area contributed by atoms with Gasteiger partial charge in [0.1, 0.15) is 12.4 Å². The quantitative estimate of drug-likeness (QED) is 0.432. The van der Waals surface area contributed by atoms with E-state index in [4.69, 9.17) is 4.74 Å². The van der Waals surface area contributed by atoms with Crippen LogP contribution in [0.25, 0.3) is 5.69 Å². The monoisotopic (exact) mass is 435 g/mol. The Labute approximate surface area is 186 Å². The lowest BCUT2D eigenvalue weighted by Gasteiger charge is -2.07. The molecule has 3 aromatic rings. The van der Waals surface area contributed by atoms with Gasteiger partial charge in [0.05, 0.1) is 12.2 Å². The van der Waals surface area contributed by atoms with Gasteiger partial charge in [-0.25, -0.2) is 13.9 Å². The second-order valence-electron chi connectivity index (χ2n) is 7.99. The van der Waals surface area contributed by atoms with Crippen molar-refractivity contribution in [1.82, 2.24) is 15.1 Å². The minimum absolute atomic E-state index is 0.0767. The number of esters is 1. The molecule has 0 fully saturated rings. The van der Waals surface area contributed by atoms with E-state index < -0.39 is 5.97 Å². The third-order valence-electron chi connectivity index (χ3n) is 5.61. The van der Waals surface area contributed by atoms with Gasteiger partial charge in [-0.05, 0) is 62.4 Å². The molecular weight excluding hydrogens is 409 g/mol. The number of nitrogens with zero attached hydrogens (tertiary/aromatic N) is 2. The van der Waals surface area contributed by atoms with Crippen molar-refractivity contribution in [3.8, 4) is 5.69 Å². The Balaban J connectivity index is 1.28. The van der Waals surface area contributed by atoms with Gasteiger partial charge in [-0.1, -0.05) is 29.8 Å². The summed E-state index contributed by atoms with van der Waals surface area (Å²) in [4.78, 5) is 24.7. The molecule has 7 heteroatoms. The summed E-state index contributed by atoms with van der Waals surface area (Å²) >= 11 is 0. The van der Waals surface area contributed by atoms with Gasteiger partial charge in [0.15, 0.2) is 5.69 Å². The molecule has 1 aliphatic rings. The first-order chi connectivity index (χ1) is 15.5. The van der Waals surface area contributed by atoms with Crippen LogP contribution in [-0.4, -0.2) is 34.8 Å². The van der Waals surface area contributed by atoms with Crippen LogP contribution < -0.4 is 5.32 Å². The Kier molecular flexibility index (Phi) is 6.63. The molecular formula is C25H26FN3O3. The van der Waals surface area contributed by atoms with Crippen LogP contribution in [0, 0.1) is 12.7 Å². The van der Waals surface area contributed by atoms with E-state index in [1.165, 1.54) is 17.7 Å². The molecule has 32 heavy (non-hydrogen) atoms. The van der Waals surface area contributed by atoms with Crippen LogP contribution in [0.2, 0.25) is 0 Å². The summed E-state index contributed by atoms with van der Waals surface area (Å²) in [5.74, 6) is -0.904. The van der Waals surface area contributed by atoms with Crippen molar-refractivity contribution in [2.75, 3.05) is 13.2 Å². The highest BCUT2D eigenvalue weighted by molar-refractivity contribution is 5.89. The van der Waals surface area contributed by atoms with E-state index in [9.17, 15) is 14.0 Å². The summed E-state index contributed by atoms with van der Waals surface area (Å²) in [6, 6.07) is 14.1. The number of fused-ring (bicyclic) bond motifs is 1. The maximum absolute atomic E-state index is 13.3. The molecule has 0 aliphatic heterocycles. The largest absolute Gasteiger partial charge is 0.459 e. The van der Waals surface area contributed by atoms with Crippen molar-refractivity contribution in [1.29, 1.82) is 0 Å². The zero-order chi connectivity index (χ0) is 22.5. The van der Waals surface area contributed by atoms with E-state index in [0.29, 0.717) is 24.2 Å². The smallest absolute Gasteiger partial charge is 0.359 e. The molecule has 6 nitrogen and oxygen atoms in total. The lowest BCUT2D eigenvalue weighted by atomic mass is 10.1. The van der Waals surface area contributed by atoms with Gasteiger partial charge in [-0.3, -0.25) is 4.79 Å². The van der Waals surface area contributed by atoms with Gasteiger partial charge in [-0.2, -0.15) is 5.10 Å². The fourth-order valence-electron chi connectivity index (χ4n) is 3.90. The molecule has 4 rings (SSSR count). The van der Waals surface area contributed by atoms with E-state index >= 15 is 0 Å². The highest BCUT2D eigenvalue weighted by Gasteiger charge is 2.27. The molecule has 0 atom stereocenters. The molecule has 0 radical (unpaired) electrons. The minimum Gasteiger partial charge on any atom is -0.459 e. The van der Waals surface area contributed by atoms with Crippen LogP contribution in [-0.2, 0) is 28.8 Å². The molecule has 0 bridgehead atoms. The van der Waals surface area contributed by atoms with Crippen LogP contribution in [0.5, 0.6) is 0 Å². The van der Waals surface area contributed by atoms with Gasteiger partial charge in [0.25, 0.3) is 0 Å². The lowest BCUT2D eigenvalue weighted by Crippen LogP contribution is -2.28. The highest BCUT2D eigenvalue weighted by atomic mass is 19.1. The molecule has 0 saturated heterocycles. The zero-order valence-electron chi connectivity index (χ0n) is 18.1. The third-order valence-corrected chi connectivity index (χ3v) is 5.61. The maximum atomic E-state index is 13.3. The first-order valence-electron chi connectivity index (χ1n) is 10.9. The average molecular weight is 435 g/mol. The van der Waals surface area contributed by atoms with E-state index in [-0.39, 0.29) is 24.9 Å². The van der Waals surface area contributed by atoms with E-state index in [2.05, 4.69) is 10.4 Å². The molecule has 0 spiro atoms. The Morgan fingerprint density at radius 3 is 2.59 bits per heavy atom. The lowest BCUT2D eigenvalue weighted by molar-refractivity contribution is -0.121. The number of rotatable bonds is 8. The van der Waals surface area contributed by atoms with Gasteiger partial charge >= 0.3 is 5.97 Å². The SMILES string of the molecule is Cc1ccc(CCC(=O)NCCOC(=O)c2nn(-c3ccc(F)cc3)c3c2CCC3)cc1. The number of carbonyl (C=O) groups is 2. The number of aryl methyl sites for hydroxylation is 2. The first-order valence-corrected chi connectivity index (χ1v) is 10.9. The second kappa shape index (κ2) is 9.77. The number of hydrogen-bond donors (Lipinski definition) is 1. The molecule has 1 aliphatic carbocycles. The summed E-state index contributed by atoms with van der Waals surface area (Å²) in [5, 5.41) is 7.23. The van der Waals surface area contributed by atoms with Gasteiger partial charge in [0, 0.05) is 17.7 Å². The standard InChI is InChI=1S/C25H26FN3O3/c1-17-5-7-18(8-6-17)9-14-23(30)27-15-16-32-25(31)24-21-3-2-4-22(21)29(28-24)20-12-10-19(26)11-13-20/h5-8,10-13H,2-4,9,14-16H2,1H3,(H,27,30). The van der Waals surface area contributed by atoms with E-state index in [0.717, 1.165) is 36.1 Å². The zero-order valence-corrected chi connectivity index (χ0v) is 18.1. The third kappa shape index (κ3) is 5.04. The minimum atomic E-state index is -0.502. The number of nitrogens with one attached hydrogen (secondary N) is 1. The molecule has 0 unspecified atom stereocenters. The fraction of sp³-hybridized carbons (Fsp3) is 0.320. The molecule has 1 amide bonds. The van der Waals surface area contributed by atoms with Crippen LogP contribution in [0.1, 0.15) is 45.7 Å². The number of amides is 1. The molecule has 1 N–H and O–H groups in total. The predicted molar refractivity (Wildman–Crippen MR) is 118 cm³/mol. The van der Waals surface area contributed by atoms with Crippen molar-refractivity contribution in [2.45, 2.75) is 39.0 Å². The normalized spacial score (nSPS) is 12.4. The van der Waals surface area contributed by atoms with E-state index in [1.807, 2.05) is 31.2 Å². The number of benzene rings is 2. The number of aromatic nitrogens is 2. The Morgan fingerprint density at radius 2 is 1.84 bits per heavy atom. The molecule has 166 valence electrons. The average Bonchev–Trinajstić information content (AvgIpc) is 3.40. The van der Waals surface area contributed by atoms with Crippen molar-refractivity contribution in [2.24, 2.45) is 0 Å². The topological polar surface area (TPSA) is 73.2 Å². The first kappa shape index (κ1) is 21.7. The van der Waals surface area contributed by atoms with Crippen molar-refractivity contribution in [3.63, 3.8) is 0 Å². The van der Waals surface area contributed by atoms with Crippen molar-refractivity contribution >= 4 is 11.9 Å². The summed E-state index contributed by atoms with van der Waals surface area (Å²) in [6.45, 7) is 2.35. The molecule has 1 aromatic heterocycles. The Bertz CT molecular complexity index is 1100. The highest BCUT2D eigenvalue weighted by Crippen LogP contribution is 2.28. The fourth-order valence-corrected chi connectivity index (χ4v) is 3.90. The molecule has 1 heterocycles. The Morgan fingerprint density at radius 1 is 1.09 bits per heavy atom. The van der Waals surface area contributed by atoms with Crippen LogP contribution >= 0.6 is 0 Å². The van der Waals surface area contributed by atoms with Crippen molar-refractivity contribution in [3.05, 3.63) is 82.4 Å². The Hall–Kier alpha value is -3.48. The number of carbonyl (C=O) groups excluding carboxylic acids is 2. The predicted octanol–water partition coefficient (Wildman–Crippen LogP) is 3.71. The van der Waals surface area contributed by atoms with Crippen molar-refractivity contribution < 1.29 is 18.7 Å². The molecule has 0 saturated carbocycles. The van der Waals surface area contributed by atoms with Crippen LogP contribution in [0.3, 0.4) is 0 Å². The van der Waals surface area contributed by atoms with Gasteiger partial charge in [0.2, 0.25) is 5.91 Å². The van der Waals surface area contributed by atoms with Crippen LogP contribution in [0.15, 0.2) is 48.5 Å². The van der Waals surface area contributed by atoms with Crippen LogP contribution in [0.4, 0.5) is 4.39 Å². The van der Waals surface area contributed by atoms with E-state index in [1.54, 1.807) is 16.8 Å². The number of hydrogen-bond acceptors (Lipinski definition) is 4. The van der Waals surface area contributed by atoms with Gasteiger partial charge < -0.3 is 10.1 Å². The second-order valence-corrected chi connectivity index (χ2v) is 7.99. The van der Waals surface area contributed by atoms with Gasteiger partial charge in [-0.15, -0.1) is 0 Å². The maximum Gasteiger partial charge on any atom is 0.359 e. The number of ether oxygens (including phenoxy) is 1. The summed E-state index contributed by atoms with van der Waals surface area (Å²) in [6.07, 6.45) is 3.55. The summed E-state index contributed by atoms with van der Waals surface area (Å²) in [7, 11) is 0.